The molecule has 0 aliphatic heterocycles. The van der Waals surface area contributed by atoms with Crippen molar-refractivity contribution in [1.29, 1.82) is 0 Å². The van der Waals surface area contributed by atoms with Gasteiger partial charge in [-0.2, -0.15) is 17.6 Å². The molecule has 36 heavy (non-hydrogen) atoms. The number of alkyl halides is 3. The summed E-state index contributed by atoms with van der Waals surface area (Å²) >= 11 is 0. The van der Waals surface area contributed by atoms with Crippen LogP contribution in [0.15, 0.2) is 36.4 Å². The predicted molar refractivity (Wildman–Crippen MR) is 129 cm³/mol. The van der Waals surface area contributed by atoms with Crippen LogP contribution in [0.5, 0.6) is 11.6 Å². The van der Waals surface area contributed by atoms with Crippen LogP contribution in [0, 0.1) is 19.8 Å². The second-order valence-electron chi connectivity index (χ2n) is 7.38. The van der Waals surface area contributed by atoms with Gasteiger partial charge in [0.05, 0.1) is 11.8 Å². The lowest BCUT2D eigenvalue weighted by atomic mass is 10.1. The number of aryl methyl sites for hydroxylation is 1. The zero-order valence-electron chi connectivity index (χ0n) is 20.8. The van der Waals surface area contributed by atoms with E-state index >= 15 is 0 Å². The fraction of sp³-hybridized carbons (Fsp3) is 0.360. The molecule has 0 saturated carbocycles. The van der Waals surface area contributed by atoms with Crippen LogP contribution in [0.4, 0.5) is 23.2 Å². The van der Waals surface area contributed by atoms with Crippen molar-refractivity contribution in [3.8, 4) is 11.6 Å². The largest absolute Gasteiger partial charge is 0.435 e. The first-order valence-electron chi connectivity index (χ1n) is 11.2. The molecular formula is C25H30F4N4O3. The fourth-order valence-corrected chi connectivity index (χ4v) is 3.39. The first-order valence-corrected chi connectivity index (χ1v) is 11.2. The van der Waals surface area contributed by atoms with E-state index in [0.29, 0.717) is 12.1 Å². The summed E-state index contributed by atoms with van der Waals surface area (Å²) in [6, 6.07) is 9.00. The molecule has 1 amide bonds. The Hall–Kier alpha value is -3.60. The molecule has 0 spiro atoms. The molecule has 3 aromatic rings. The smallest absolute Gasteiger partial charge is 0.435 e. The maximum atomic E-state index is 13.5. The van der Waals surface area contributed by atoms with Crippen LogP contribution in [0.25, 0.3) is 0 Å². The van der Waals surface area contributed by atoms with Crippen molar-refractivity contribution in [2.24, 2.45) is 0 Å². The van der Waals surface area contributed by atoms with Crippen LogP contribution in [-0.2, 0) is 10.9 Å². The number of methoxy groups -OCH3 is 1. The summed E-state index contributed by atoms with van der Waals surface area (Å²) in [7, 11) is 1.56. The van der Waals surface area contributed by atoms with Crippen molar-refractivity contribution in [2.75, 3.05) is 12.4 Å². The summed E-state index contributed by atoms with van der Waals surface area (Å²) in [5.41, 5.74) is -1.01. The number of anilines is 1. The van der Waals surface area contributed by atoms with Gasteiger partial charge in [-0.15, -0.1) is 10.2 Å². The normalized spacial score (nSPS) is 11.8. The minimum atomic E-state index is -4.84. The number of hydrogen-bond acceptors (Lipinski definition) is 6. The standard InChI is InChI=1S/C23H22F4N4O3.C2H6.H2/c1-5-16(33-4)14-7-6-8-15(11-14)29-21(32)19-12(2)20(23(25,26)27)30-31-22(19)34-17-9-10-18(24)28-13(17)3;1-2;/h6-11,16H,5H2,1-4H3,(H,29,32);1-2H3;1H/t16-;;/m1../s1. The van der Waals surface area contributed by atoms with Gasteiger partial charge >= 0.3 is 6.18 Å². The highest BCUT2D eigenvalue weighted by Gasteiger charge is 2.38. The molecule has 0 aliphatic carbocycles. The van der Waals surface area contributed by atoms with E-state index in [1.807, 2.05) is 26.8 Å². The first-order chi connectivity index (χ1) is 17.0. The van der Waals surface area contributed by atoms with Crippen molar-refractivity contribution in [3.63, 3.8) is 0 Å². The van der Waals surface area contributed by atoms with Crippen molar-refractivity contribution in [1.82, 2.24) is 15.2 Å². The number of carbonyl (C=O) groups excluding carboxylic acids is 1. The van der Waals surface area contributed by atoms with Gasteiger partial charge in [-0.25, -0.2) is 4.98 Å². The third-order valence-corrected chi connectivity index (χ3v) is 5.06. The second kappa shape index (κ2) is 12.4. The molecule has 1 atom stereocenters. The van der Waals surface area contributed by atoms with Gasteiger partial charge in [0.25, 0.3) is 11.8 Å². The molecule has 0 aliphatic rings. The molecule has 1 N–H and O–H groups in total. The molecule has 11 heteroatoms. The number of benzene rings is 1. The minimum Gasteiger partial charge on any atom is -0.435 e. The number of pyridine rings is 1. The van der Waals surface area contributed by atoms with Gasteiger partial charge in [0.2, 0.25) is 5.95 Å². The summed E-state index contributed by atoms with van der Waals surface area (Å²) < 4.78 is 64.7. The molecule has 0 radical (unpaired) electrons. The summed E-state index contributed by atoms with van der Waals surface area (Å²) in [6.45, 7) is 8.47. The molecule has 0 unspecified atom stereocenters. The van der Waals surface area contributed by atoms with E-state index < -0.39 is 40.7 Å². The molecule has 0 fully saturated rings. The van der Waals surface area contributed by atoms with Crippen LogP contribution in [0.2, 0.25) is 0 Å². The van der Waals surface area contributed by atoms with Gasteiger partial charge in [-0.05, 0) is 55.7 Å². The molecule has 3 rings (SSSR count). The lowest BCUT2D eigenvalue weighted by molar-refractivity contribution is -0.142. The quantitative estimate of drug-likeness (QED) is 0.270. The molecular weight excluding hydrogens is 480 g/mol. The number of rotatable bonds is 7. The third-order valence-electron chi connectivity index (χ3n) is 5.06. The molecule has 1 aromatic carbocycles. The SMILES string of the molecule is CC.CC[C@@H](OC)c1cccc(NC(=O)c2c(Oc3ccc(F)nc3C)nnc(C(F)(F)F)c2C)c1.[HH]. The van der Waals surface area contributed by atoms with Crippen molar-refractivity contribution < 1.29 is 33.3 Å². The van der Waals surface area contributed by atoms with Crippen LogP contribution in [0.3, 0.4) is 0 Å². The Morgan fingerprint density at radius 1 is 1.14 bits per heavy atom. The highest BCUT2D eigenvalue weighted by atomic mass is 19.4. The Kier molecular flexibility index (Phi) is 9.85. The van der Waals surface area contributed by atoms with E-state index in [-0.39, 0.29) is 19.0 Å². The number of carbonyl (C=O) groups is 1. The number of halogens is 4. The van der Waals surface area contributed by atoms with Gasteiger partial charge in [-0.1, -0.05) is 32.9 Å². The highest BCUT2D eigenvalue weighted by Crippen LogP contribution is 2.35. The number of aromatic nitrogens is 3. The van der Waals surface area contributed by atoms with Crippen LogP contribution < -0.4 is 10.1 Å². The Morgan fingerprint density at radius 2 is 1.83 bits per heavy atom. The number of nitrogens with one attached hydrogen (secondary N) is 1. The van der Waals surface area contributed by atoms with Crippen molar-refractivity contribution in [3.05, 3.63) is 70.4 Å². The molecule has 0 bridgehead atoms. The maximum absolute atomic E-state index is 13.5. The van der Waals surface area contributed by atoms with Gasteiger partial charge in [0.1, 0.15) is 5.56 Å². The topological polar surface area (TPSA) is 86.2 Å². The maximum Gasteiger partial charge on any atom is 0.435 e. The molecule has 2 heterocycles. The van der Waals surface area contributed by atoms with Crippen molar-refractivity contribution in [2.45, 2.75) is 53.3 Å². The average Bonchev–Trinajstić information content (AvgIpc) is 2.82. The monoisotopic (exact) mass is 510 g/mol. The van der Waals surface area contributed by atoms with E-state index in [1.165, 1.54) is 13.0 Å². The summed E-state index contributed by atoms with van der Waals surface area (Å²) in [5, 5.41) is 9.30. The van der Waals surface area contributed by atoms with Crippen molar-refractivity contribution >= 4 is 11.6 Å². The minimum absolute atomic E-state index is 0. The number of ether oxygens (including phenoxy) is 2. The van der Waals surface area contributed by atoms with Gasteiger partial charge in [-0.3, -0.25) is 4.79 Å². The van der Waals surface area contributed by atoms with E-state index in [4.69, 9.17) is 9.47 Å². The Labute approximate surface area is 208 Å². The predicted octanol–water partition coefficient (Wildman–Crippen LogP) is 7.06. The Bertz CT molecular complexity index is 1210. The van der Waals surface area contributed by atoms with Crippen LogP contribution in [0.1, 0.15) is 67.6 Å². The summed E-state index contributed by atoms with van der Waals surface area (Å²) in [6.07, 6.45) is -4.38. The summed E-state index contributed by atoms with van der Waals surface area (Å²) in [4.78, 5) is 16.8. The van der Waals surface area contributed by atoms with E-state index in [0.717, 1.165) is 18.6 Å². The van der Waals surface area contributed by atoms with Crippen LogP contribution in [-0.4, -0.2) is 28.2 Å². The van der Waals surface area contributed by atoms with Crippen LogP contribution >= 0.6 is 0 Å². The van der Waals surface area contributed by atoms with E-state index in [1.54, 1.807) is 25.3 Å². The lowest BCUT2D eigenvalue weighted by Crippen LogP contribution is -2.21. The van der Waals surface area contributed by atoms with Gasteiger partial charge in [0.15, 0.2) is 11.4 Å². The lowest BCUT2D eigenvalue weighted by Gasteiger charge is -2.17. The van der Waals surface area contributed by atoms with Gasteiger partial charge < -0.3 is 14.8 Å². The number of amides is 1. The summed E-state index contributed by atoms with van der Waals surface area (Å²) in [5.74, 6) is -2.11. The average molecular weight is 511 g/mol. The number of nitrogens with zero attached hydrogens (tertiary/aromatic N) is 3. The fourth-order valence-electron chi connectivity index (χ4n) is 3.39. The van der Waals surface area contributed by atoms with E-state index in [2.05, 4.69) is 20.5 Å². The van der Waals surface area contributed by atoms with E-state index in [9.17, 15) is 22.4 Å². The second-order valence-corrected chi connectivity index (χ2v) is 7.38. The zero-order chi connectivity index (χ0) is 27.0. The zero-order valence-corrected chi connectivity index (χ0v) is 20.8. The Balaban J connectivity index is 0.00000223. The highest BCUT2D eigenvalue weighted by molar-refractivity contribution is 6.07. The third kappa shape index (κ3) is 6.75. The Morgan fingerprint density at radius 3 is 2.42 bits per heavy atom. The van der Waals surface area contributed by atoms with Gasteiger partial charge in [0, 0.05) is 14.2 Å². The first kappa shape index (κ1) is 28.6. The molecule has 0 saturated heterocycles. The molecule has 196 valence electrons. The molecule has 2 aromatic heterocycles. The molecule has 7 nitrogen and oxygen atoms in total. The number of hydrogen-bond donors (Lipinski definition) is 1.